The summed E-state index contributed by atoms with van der Waals surface area (Å²) in [5.41, 5.74) is 4.28. The number of amides is 1. The van der Waals surface area contributed by atoms with Gasteiger partial charge in [0.05, 0.1) is 5.69 Å². The summed E-state index contributed by atoms with van der Waals surface area (Å²) in [7, 11) is 0. The summed E-state index contributed by atoms with van der Waals surface area (Å²) in [6, 6.07) is 10.1. The SMILES string of the molecule is Cc1ccc(C(=O)N2CCN(c3ccc(C4CC4)nn3)CC2)cc1C. The molecule has 1 aromatic heterocycles. The highest BCUT2D eigenvalue weighted by atomic mass is 16.2. The monoisotopic (exact) mass is 336 g/mol. The van der Waals surface area contributed by atoms with E-state index in [-0.39, 0.29) is 5.91 Å². The van der Waals surface area contributed by atoms with Crippen LogP contribution >= 0.6 is 0 Å². The molecule has 5 heteroatoms. The number of piperazine rings is 1. The second kappa shape index (κ2) is 6.47. The minimum absolute atomic E-state index is 0.123. The average molecular weight is 336 g/mol. The minimum atomic E-state index is 0.123. The zero-order valence-electron chi connectivity index (χ0n) is 14.9. The molecule has 130 valence electrons. The first-order valence-electron chi connectivity index (χ1n) is 9.07. The van der Waals surface area contributed by atoms with Gasteiger partial charge in [-0.1, -0.05) is 6.07 Å². The molecule has 0 bridgehead atoms. The van der Waals surface area contributed by atoms with E-state index in [0.29, 0.717) is 5.92 Å². The normalized spacial score (nSPS) is 17.7. The summed E-state index contributed by atoms with van der Waals surface area (Å²) in [5, 5.41) is 8.75. The van der Waals surface area contributed by atoms with Crippen LogP contribution in [0.4, 0.5) is 5.82 Å². The third-order valence-electron chi connectivity index (χ3n) is 5.31. The maximum Gasteiger partial charge on any atom is 0.253 e. The Labute approximate surface area is 148 Å². The lowest BCUT2D eigenvalue weighted by Crippen LogP contribution is -2.49. The van der Waals surface area contributed by atoms with Crippen molar-refractivity contribution >= 4 is 11.7 Å². The molecule has 5 nitrogen and oxygen atoms in total. The van der Waals surface area contributed by atoms with Crippen molar-refractivity contribution in [2.24, 2.45) is 0 Å². The molecule has 1 saturated heterocycles. The van der Waals surface area contributed by atoms with Crippen LogP contribution in [0.3, 0.4) is 0 Å². The number of nitrogens with zero attached hydrogens (tertiary/aromatic N) is 4. The molecular formula is C20H24N4O. The Bertz CT molecular complexity index is 775. The maximum atomic E-state index is 12.7. The highest BCUT2D eigenvalue weighted by Crippen LogP contribution is 2.38. The molecule has 0 atom stereocenters. The smallest absolute Gasteiger partial charge is 0.253 e. The maximum absolute atomic E-state index is 12.7. The van der Waals surface area contributed by atoms with Gasteiger partial charge in [-0.05, 0) is 62.1 Å². The highest BCUT2D eigenvalue weighted by molar-refractivity contribution is 5.94. The van der Waals surface area contributed by atoms with Gasteiger partial charge in [-0.25, -0.2) is 0 Å². The fourth-order valence-electron chi connectivity index (χ4n) is 3.30. The Kier molecular flexibility index (Phi) is 4.15. The van der Waals surface area contributed by atoms with Crippen LogP contribution in [-0.4, -0.2) is 47.2 Å². The van der Waals surface area contributed by atoms with Crippen molar-refractivity contribution in [3.8, 4) is 0 Å². The van der Waals surface area contributed by atoms with E-state index < -0.39 is 0 Å². The molecule has 0 unspecified atom stereocenters. The van der Waals surface area contributed by atoms with Crippen LogP contribution in [0.5, 0.6) is 0 Å². The third kappa shape index (κ3) is 3.36. The van der Waals surface area contributed by atoms with E-state index in [0.717, 1.165) is 48.8 Å². The predicted molar refractivity (Wildman–Crippen MR) is 98.0 cm³/mol. The average Bonchev–Trinajstić information content (AvgIpc) is 3.49. The topological polar surface area (TPSA) is 49.3 Å². The van der Waals surface area contributed by atoms with Crippen LogP contribution in [-0.2, 0) is 0 Å². The standard InChI is InChI=1S/C20H24N4O/c1-14-3-4-17(13-15(14)2)20(25)24-11-9-23(10-12-24)19-8-7-18(21-22-19)16-5-6-16/h3-4,7-8,13,16H,5-6,9-12H2,1-2H3. The second-order valence-corrected chi connectivity index (χ2v) is 7.17. The summed E-state index contributed by atoms with van der Waals surface area (Å²) in [6.07, 6.45) is 2.49. The van der Waals surface area contributed by atoms with Gasteiger partial charge < -0.3 is 9.80 Å². The lowest BCUT2D eigenvalue weighted by atomic mass is 10.1. The predicted octanol–water partition coefficient (Wildman–Crippen LogP) is 2.93. The number of anilines is 1. The van der Waals surface area contributed by atoms with Gasteiger partial charge in [-0.15, -0.1) is 5.10 Å². The first-order chi connectivity index (χ1) is 12.1. The number of benzene rings is 1. The number of rotatable bonds is 3. The fraction of sp³-hybridized carbons (Fsp3) is 0.450. The molecular weight excluding hydrogens is 312 g/mol. The van der Waals surface area contributed by atoms with E-state index in [9.17, 15) is 4.79 Å². The largest absolute Gasteiger partial charge is 0.352 e. The molecule has 1 aliphatic heterocycles. The van der Waals surface area contributed by atoms with Gasteiger partial charge in [-0.3, -0.25) is 4.79 Å². The molecule has 0 spiro atoms. The van der Waals surface area contributed by atoms with Crippen molar-refractivity contribution in [2.75, 3.05) is 31.1 Å². The van der Waals surface area contributed by atoms with Gasteiger partial charge in [0.15, 0.2) is 5.82 Å². The lowest BCUT2D eigenvalue weighted by molar-refractivity contribution is 0.0746. The van der Waals surface area contributed by atoms with Crippen molar-refractivity contribution in [1.82, 2.24) is 15.1 Å². The van der Waals surface area contributed by atoms with E-state index in [1.807, 2.05) is 30.0 Å². The molecule has 1 amide bonds. The molecule has 25 heavy (non-hydrogen) atoms. The van der Waals surface area contributed by atoms with E-state index >= 15 is 0 Å². The van der Waals surface area contributed by atoms with Gasteiger partial charge >= 0.3 is 0 Å². The van der Waals surface area contributed by atoms with Crippen LogP contribution in [0.25, 0.3) is 0 Å². The van der Waals surface area contributed by atoms with Gasteiger partial charge in [0.2, 0.25) is 0 Å². The summed E-state index contributed by atoms with van der Waals surface area (Å²) < 4.78 is 0. The van der Waals surface area contributed by atoms with Crippen molar-refractivity contribution in [3.63, 3.8) is 0 Å². The molecule has 2 heterocycles. The van der Waals surface area contributed by atoms with Crippen LogP contribution < -0.4 is 4.90 Å². The summed E-state index contributed by atoms with van der Waals surface area (Å²) >= 11 is 0. The molecule has 0 N–H and O–H groups in total. The Morgan fingerprint density at radius 1 is 0.960 bits per heavy atom. The van der Waals surface area contributed by atoms with Crippen LogP contribution in [0, 0.1) is 13.8 Å². The molecule has 1 aromatic carbocycles. The Morgan fingerprint density at radius 3 is 2.32 bits per heavy atom. The number of hydrogen-bond donors (Lipinski definition) is 0. The minimum Gasteiger partial charge on any atom is -0.352 e. The summed E-state index contributed by atoms with van der Waals surface area (Å²) in [5.74, 6) is 1.68. The molecule has 1 aliphatic carbocycles. The summed E-state index contributed by atoms with van der Waals surface area (Å²) in [4.78, 5) is 16.9. The van der Waals surface area contributed by atoms with E-state index in [2.05, 4.69) is 34.2 Å². The van der Waals surface area contributed by atoms with Crippen molar-refractivity contribution in [1.29, 1.82) is 0 Å². The molecule has 2 aliphatic rings. The van der Waals surface area contributed by atoms with E-state index in [4.69, 9.17) is 0 Å². The van der Waals surface area contributed by atoms with Crippen LogP contribution in [0.2, 0.25) is 0 Å². The number of hydrogen-bond acceptors (Lipinski definition) is 4. The third-order valence-corrected chi connectivity index (χ3v) is 5.31. The van der Waals surface area contributed by atoms with Gasteiger partial charge in [0.1, 0.15) is 0 Å². The fourth-order valence-corrected chi connectivity index (χ4v) is 3.30. The molecule has 1 saturated carbocycles. The Balaban J connectivity index is 1.38. The number of carbonyl (C=O) groups excluding carboxylic acids is 1. The molecule has 0 radical (unpaired) electrons. The van der Waals surface area contributed by atoms with Gasteiger partial charge in [-0.2, -0.15) is 5.10 Å². The number of aryl methyl sites for hydroxylation is 2. The highest BCUT2D eigenvalue weighted by Gasteiger charge is 2.26. The summed E-state index contributed by atoms with van der Waals surface area (Å²) in [6.45, 7) is 7.16. The molecule has 2 aromatic rings. The molecule has 2 fully saturated rings. The van der Waals surface area contributed by atoms with Gasteiger partial charge in [0.25, 0.3) is 5.91 Å². The van der Waals surface area contributed by atoms with Crippen LogP contribution in [0.15, 0.2) is 30.3 Å². The van der Waals surface area contributed by atoms with Crippen molar-refractivity contribution in [2.45, 2.75) is 32.6 Å². The molecule has 4 rings (SSSR count). The first kappa shape index (κ1) is 16.1. The van der Waals surface area contributed by atoms with E-state index in [1.54, 1.807) is 0 Å². The first-order valence-corrected chi connectivity index (χ1v) is 9.07. The number of carbonyl (C=O) groups is 1. The zero-order valence-corrected chi connectivity index (χ0v) is 14.9. The van der Waals surface area contributed by atoms with Gasteiger partial charge in [0, 0.05) is 37.7 Å². The van der Waals surface area contributed by atoms with E-state index in [1.165, 1.54) is 18.4 Å². The Hall–Kier alpha value is -2.43. The zero-order chi connectivity index (χ0) is 17.4. The number of aromatic nitrogens is 2. The second-order valence-electron chi connectivity index (χ2n) is 7.17. The van der Waals surface area contributed by atoms with Crippen LogP contribution in [0.1, 0.15) is 45.9 Å². The lowest BCUT2D eigenvalue weighted by Gasteiger charge is -2.35. The quantitative estimate of drug-likeness (QED) is 0.865. The van der Waals surface area contributed by atoms with Crippen molar-refractivity contribution in [3.05, 3.63) is 52.7 Å². The Morgan fingerprint density at radius 2 is 1.72 bits per heavy atom. The van der Waals surface area contributed by atoms with Crippen molar-refractivity contribution < 1.29 is 4.79 Å².